The van der Waals surface area contributed by atoms with Crippen LogP contribution in [0, 0.1) is 40.9 Å². The molecule has 3 N–H and O–H groups in total. The molecule has 1 aromatic heterocycles. The van der Waals surface area contributed by atoms with Crippen molar-refractivity contribution in [1.29, 1.82) is 0 Å². The number of ether oxygens (including phenoxy) is 3. The Kier molecular flexibility index (Phi) is 6.71. The van der Waals surface area contributed by atoms with Gasteiger partial charge in [0.05, 0.1) is 23.5 Å². The van der Waals surface area contributed by atoms with Crippen molar-refractivity contribution in [2.75, 3.05) is 32.6 Å². The summed E-state index contributed by atoms with van der Waals surface area (Å²) in [6.07, 6.45) is 9.51. The summed E-state index contributed by atoms with van der Waals surface area (Å²) >= 11 is 0. The fourth-order valence-corrected chi connectivity index (χ4v) is 13.0. The molecule has 254 valence electrons. The van der Waals surface area contributed by atoms with Gasteiger partial charge in [0, 0.05) is 74.9 Å². The van der Waals surface area contributed by atoms with Gasteiger partial charge < -0.3 is 29.7 Å². The molecule has 13 atom stereocenters. The summed E-state index contributed by atoms with van der Waals surface area (Å²) in [7, 11) is 3.52. The molecule has 9 rings (SSSR count). The number of carbonyl (C=O) groups excluding carboxylic acids is 2. The Labute approximate surface area is 280 Å². The fraction of sp³-hybridized carbons (Fsp3) is 0.605. The lowest BCUT2D eigenvalue weighted by Crippen LogP contribution is -2.82. The van der Waals surface area contributed by atoms with Crippen LogP contribution in [0.4, 0.5) is 5.69 Å². The molecule has 1 saturated heterocycles. The normalized spacial score (nSPS) is 45.9. The Bertz CT molecular complexity index is 1690. The minimum Gasteiger partial charge on any atom is -0.454 e. The Balaban J connectivity index is 1.08. The molecular formula is C38H45N3O7. The van der Waals surface area contributed by atoms with E-state index in [1.54, 1.807) is 63.0 Å². The zero-order valence-electron chi connectivity index (χ0n) is 27.7. The van der Waals surface area contributed by atoms with Crippen LogP contribution < -0.4 is 5.32 Å². The van der Waals surface area contributed by atoms with Crippen molar-refractivity contribution < 1.29 is 34.0 Å². The van der Waals surface area contributed by atoms with Crippen molar-refractivity contribution in [3.05, 3.63) is 66.0 Å². The number of nitrogens with zero attached hydrogens (tertiary/aromatic N) is 2. The SMILES string of the molecule is CCN1C[C@]2(OC(=O)c3ccccc3NC(=O)/C=C/c3cccnc3)CC[C@H](OC)[C@]34C1[C@@H](C[C@H]23)[C@@]1(O)C[C@H](OC)C2[C@H]3C[C@@H]4[C@]1(O)[C@H]23. The van der Waals surface area contributed by atoms with E-state index in [1.165, 1.54) is 6.08 Å². The molecule has 6 saturated carbocycles. The maximum atomic E-state index is 14.4. The number of pyridine rings is 1. The number of fused-ring (bicyclic) bond motifs is 2. The Morgan fingerprint density at radius 3 is 2.69 bits per heavy atom. The molecule has 2 unspecified atom stereocenters. The first-order valence-corrected chi connectivity index (χ1v) is 17.6. The predicted molar refractivity (Wildman–Crippen MR) is 175 cm³/mol. The van der Waals surface area contributed by atoms with Gasteiger partial charge >= 0.3 is 5.97 Å². The van der Waals surface area contributed by atoms with Crippen molar-refractivity contribution in [1.82, 2.24) is 9.88 Å². The second kappa shape index (κ2) is 10.4. The van der Waals surface area contributed by atoms with Crippen LogP contribution in [0.2, 0.25) is 0 Å². The maximum Gasteiger partial charge on any atom is 0.340 e. The average Bonchev–Trinajstić information content (AvgIpc) is 3.64. The second-order valence-electron chi connectivity index (χ2n) is 15.6. The number of rotatable bonds is 8. The fourth-order valence-electron chi connectivity index (χ4n) is 13.0. The van der Waals surface area contributed by atoms with Gasteiger partial charge in [0.15, 0.2) is 0 Å². The topological polar surface area (TPSA) is 130 Å². The number of benzene rings is 1. The highest BCUT2D eigenvalue weighted by Gasteiger charge is 2.92. The van der Waals surface area contributed by atoms with E-state index in [2.05, 4.69) is 22.1 Å². The third-order valence-corrected chi connectivity index (χ3v) is 14.3. The molecular weight excluding hydrogens is 610 g/mol. The first-order valence-electron chi connectivity index (χ1n) is 17.6. The van der Waals surface area contributed by atoms with E-state index in [9.17, 15) is 19.8 Å². The lowest BCUT2D eigenvalue weighted by molar-refractivity contribution is -0.333. The molecule has 10 heteroatoms. The largest absolute Gasteiger partial charge is 0.454 e. The number of anilines is 1. The lowest BCUT2D eigenvalue weighted by atomic mass is 9.42. The zero-order valence-corrected chi connectivity index (χ0v) is 27.7. The molecule has 10 nitrogen and oxygen atoms in total. The van der Waals surface area contributed by atoms with Crippen LogP contribution in [0.1, 0.15) is 54.9 Å². The van der Waals surface area contributed by atoms with Crippen LogP contribution in [-0.2, 0) is 19.0 Å². The third kappa shape index (κ3) is 3.68. The van der Waals surface area contributed by atoms with E-state index in [-0.39, 0.29) is 53.7 Å². The molecule has 1 aromatic carbocycles. The standard InChI is InChI=1S/C38H45N3O7/c1-4-41-20-35(48-34(43)22-9-5-6-10-25(22)40-30(42)12-11-21-8-7-15-39-19-21)14-13-29(47-3)37-27(35)17-24(33(37)41)36(44)18-26(46-2)31-23-16-28(37)38(36,45)32(23)31/h5-12,15,19,23-24,26-29,31-33,44-45H,4,13-14,16-18,20H2,1-3H3,(H,40,42)/b12-11+/t23-,24-,26+,27-,28+,29+,31?,32+,33?,35-,36+,37+,38+/m1/s1. The number of carbonyl (C=O) groups is 2. The van der Waals surface area contributed by atoms with Gasteiger partial charge in [-0.2, -0.15) is 0 Å². The number of aromatic nitrogens is 1. The van der Waals surface area contributed by atoms with Gasteiger partial charge in [-0.15, -0.1) is 0 Å². The van der Waals surface area contributed by atoms with Crippen LogP contribution in [0.5, 0.6) is 0 Å². The molecule has 5 bridgehead atoms. The number of para-hydroxylation sites is 1. The molecule has 1 amide bonds. The quantitative estimate of drug-likeness (QED) is 0.289. The number of esters is 1. The number of nitrogens with one attached hydrogen (secondary N) is 1. The van der Waals surface area contributed by atoms with Crippen molar-refractivity contribution in [3.63, 3.8) is 0 Å². The summed E-state index contributed by atoms with van der Waals surface area (Å²) in [5.74, 6) is -0.662. The number of methoxy groups -OCH3 is 2. The number of hydrogen-bond donors (Lipinski definition) is 3. The van der Waals surface area contributed by atoms with E-state index < -0.39 is 28.2 Å². The van der Waals surface area contributed by atoms with Gasteiger partial charge in [-0.05, 0) is 79.8 Å². The van der Waals surface area contributed by atoms with Crippen LogP contribution >= 0.6 is 0 Å². The van der Waals surface area contributed by atoms with Crippen molar-refractivity contribution in [2.24, 2.45) is 40.9 Å². The summed E-state index contributed by atoms with van der Waals surface area (Å²) in [5, 5.41) is 28.7. The van der Waals surface area contributed by atoms with Crippen molar-refractivity contribution in [3.8, 4) is 0 Å². The molecule has 48 heavy (non-hydrogen) atoms. The van der Waals surface area contributed by atoms with Gasteiger partial charge in [0.1, 0.15) is 16.8 Å². The summed E-state index contributed by atoms with van der Waals surface area (Å²) in [5.41, 5.74) is -2.33. The zero-order chi connectivity index (χ0) is 33.2. The molecule has 6 aliphatic carbocycles. The van der Waals surface area contributed by atoms with Crippen LogP contribution in [-0.4, -0.2) is 94.3 Å². The molecule has 2 aromatic rings. The summed E-state index contributed by atoms with van der Waals surface area (Å²) in [6, 6.07) is 10.6. The summed E-state index contributed by atoms with van der Waals surface area (Å²) in [4.78, 5) is 33.8. The van der Waals surface area contributed by atoms with E-state index in [0.717, 1.165) is 18.5 Å². The first-order chi connectivity index (χ1) is 23.2. The molecule has 1 spiro atoms. The number of aliphatic hydroxyl groups is 2. The average molecular weight is 656 g/mol. The number of likely N-dealkylation sites (N-methyl/N-ethyl adjacent to an activating group) is 1. The monoisotopic (exact) mass is 655 g/mol. The molecule has 1 aliphatic heterocycles. The Hall–Kier alpha value is -3.15. The maximum absolute atomic E-state index is 14.4. The Morgan fingerprint density at radius 1 is 1.10 bits per heavy atom. The number of likely N-dealkylation sites (tertiary alicyclic amines) is 1. The molecule has 2 heterocycles. The lowest BCUT2D eigenvalue weighted by Gasteiger charge is -2.71. The van der Waals surface area contributed by atoms with Gasteiger partial charge in [-0.3, -0.25) is 14.7 Å². The highest BCUT2D eigenvalue weighted by molar-refractivity contribution is 6.06. The van der Waals surface area contributed by atoms with Crippen LogP contribution in [0.25, 0.3) is 6.08 Å². The third-order valence-electron chi connectivity index (χ3n) is 14.3. The minimum absolute atomic E-state index is 0.00424. The van der Waals surface area contributed by atoms with Gasteiger partial charge in [0.2, 0.25) is 5.91 Å². The van der Waals surface area contributed by atoms with E-state index in [4.69, 9.17) is 14.2 Å². The molecule has 7 aliphatic rings. The van der Waals surface area contributed by atoms with Gasteiger partial charge in [0.25, 0.3) is 0 Å². The predicted octanol–water partition coefficient (Wildman–Crippen LogP) is 3.54. The smallest absolute Gasteiger partial charge is 0.340 e. The van der Waals surface area contributed by atoms with Crippen molar-refractivity contribution in [2.45, 2.75) is 74.1 Å². The molecule has 0 radical (unpaired) electrons. The van der Waals surface area contributed by atoms with E-state index in [1.807, 2.05) is 6.07 Å². The van der Waals surface area contributed by atoms with Crippen molar-refractivity contribution >= 4 is 23.6 Å². The minimum atomic E-state index is -1.29. The second-order valence-corrected chi connectivity index (χ2v) is 15.6. The van der Waals surface area contributed by atoms with Gasteiger partial charge in [-0.25, -0.2) is 4.79 Å². The van der Waals surface area contributed by atoms with Crippen LogP contribution in [0.15, 0.2) is 54.9 Å². The highest BCUT2D eigenvalue weighted by Crippen LogP contribution is 2.84. The molecule has 7 fully saturated rings. The number of amides is 1. The van der Waals surface area contributed by atoms with Gasteiger partial charge in [-0.1, -0.05) is 25.1 Å². The highest BCUT2D eigenvalue weighted by atomic mass is 16.6. The van der Waals surface area contributed by atoms with E-state index in [0.29, 0.717) is 49.4 Å². The first kappa shape index (κ1) is 30.9. The van der Waals surface area contributed by atoms with E-state index >= 15 is 0 Å². The number of piperidine rings is 1. The number of hydrogen-bond acceptors (Lipinski definition) is 9. The Morgan fingerprint density at radius 2 is 1.94 bits per heavy atom. The van der Waals surface area contributed by atoms with Crippen LogP contribution in [0.3, 0.4) is 0 Å². The summed E-state index contributed by atoms with van der Waals surface area (Å²) in [6.45, 7) is 3.43. The summed E-state index contributed by atoms with van der Waals surface area (Å²) < 4.78 is 19.2.